The summed E-state index contributed by atoms with van der Waals surface area (Å²) in [5.74, 6) is 0.455. The van der Waals surface area contributed by atoms with Gasteiger partial charge >= 0.3 is 0 Å². The second-order valence-electron chi connectivity index (χ2n) is 11.0. The zero-order chi connectivity index (χ0) is 24.5. The molecule has 2 aliphatic rings. The maximum absolute atomic E-state index is 13.8. The van der Waals surface area contributed by atoms with Gasteiger partial charge in [0.2, 0.25) is 5.91 Å². The van der Waals surface area contributed by atoms with Crippen molar-refractivity contribution in [2.75, 3.05) is 7.11 Å². The van der Waals surface area contributed by atoms with Gasteiger partial charge in [-0.25, -0.2) is 0 Å². The normalized spacial score (nSPS) is 21.7. The number of methoxy groups -OCH3 is 1. The molecule has 1 aliphatic heterocycles. The zero-order valence-corrected chi connectivity index (χ0v) is 21.2. The number of amides is 2. The maximum atomic E-state index is 13.8. The van der Waals surface area contributed by atoms with E-state index < -0.39 is 5.54 Å². The molecule has 2 aromatic rings. The zero-order valence-electron chi connectivity index (χ0n) is 21.2. The molecule has 0 bridgehead atoms. The third-order valence-corrected chi connectivity index (χ3v) is 7.22. The van der Waals surface area contributed by atoms with Crippen LogP contribution in [0.5, 0.6) is 5.75 Å². The topological polar surface area (TPSA) is 76.5 Å². The fourth-order valence-corrected chi connectivity index (χ4v) is 4.97. The van der Waals surface area contributed by atoms with Gasteiger partial charge in [-0.2, -0.15) is 5.10 Å². The first-order valence-electron chi connectivity index (χ1n) is 12.5. The minimum atomic E-state index is -1.05. The first-order valence-corrected chi connectivity index (χ1v) is 12.5. The Balaban J connectivity index is 1.70. The van der Waals surface area contributed by atoms with Gasteiger partial charge in [-0.1, -0.05) is 58.6 Å². The van der Waals surface area contributed by atoms with Crippen molar-refractivity contribution in [2.45, 2.75) is 96.3 Å². The van der Waals surface area contributed by atoms with Crippen molar-refractivity contribution < 1.29 is 14.3 Å². The predicted molar refractivity (Wildman–Crippen MR) is 132 cm³/mol. The number of fused-ring (bicyclic) bond motifs is 1. The van der Waals surface area contributed by atoms with Crippen LogP contribution in [0.4, 0.5) is 0 Å². The van der Waals surface area contributed by atoms with Crippen molar-refractivity contribution in [3.8, 4) is 5.75 Å². The van der Waals surface area contributed by atoms with E-state index in [2.05, 4.69) is 26.1 Å². The molecule has 1 aromatic carbocycles. The molecule has 1 aliphatic carbocycles. The van der Waals surface area contributed by atoms with Crippen LogP contribution in [0.2, 0.25) is 0 Å². The lowest BCUT2D eigenvalue weighted by molar-refractivity contribution is -0.134. The maximum Gasteiger partial charge on any atom is 0.273 e. The highest BCUT2D eigenvalue weighted by Crippen LogP contribution is 2.32. The number of hydrogen-bond acceptors (Lipinski definition) is 4. The third kappa shape index (κ3) is 4.84. The predicted octanol–water partition coefficient (Wildman–Crippen LogP) is 4.44. The largest absolute Gasteiger partial charge is 0.497 e. The van der Waals surface area contributed by atoms with Gasteiger partial charge in [0, 0.05) is 18.0 Å². The smallest absolute Gasteiger partial charge is 0.273 e. The number of hydrogen-bond donors (Lipinski definition) is 1. The van der Waals surface area contributed by atoms with E-state index in [9.17, 15) is 9.59 Å². The Hall–Kier alpha value is -2.83. The van der Waals surface area contributed by atoms with Crippen molar-refractivity contribution in [3.05, 3.63) is 47.3 Å². The van der Waals surface area contributed by atoms with E-state index in [0.29, 0.717) is 18.8 Å². The molecule has 1 atom stereocenters. The van der Waals surface area contributed by atoms with Crippen LogP contribution in [-0.2, 0) is 23.3 Å². The number of rotatable bonds is 5. The van der Waals surface area contributed by atoms with Crippen LogP contribution in [0.1, 0.15) is 88.0 Å². The average molecular weight is 467 g/mol. The first-order chi connectivity index (χ1) is 16.1. The Bertz CT molecular complexity index is 1050. The Morgan fingerprint density at radius 2 is 1.88 bits per heavy atom. The van der Waals surface area contributed by atoms with Crippen LogP contribution >= 0.6 is 0 Å². The number of nitrogens with one attached hydrogen (secondary N) is 1. The van der Waals surface area contributed by atoms with Crippen LogP contribution in [0.15, 0.2) is 30.3 Å². The SMILES string of the molecule is COc1cccc(CN2C(=O)c3cc(C(C)(C)C)nn3C[C@]2(C)C(=O)NC2CCCCCC2)c1. The number of carbonyl (C=O) groups excluding carboxylic acids is 2. The van der Waals surface area contributed by atoms with Crippen LogP contribution in [0.25, 0.3) is 0 Å². The van der Waals surface area contributed by atoms with Gasteiger partial charge in [0.1, 0.15) is 17.0 Å². The number of aromatic nitrogens is 2. The van der Waals surface area contributed by atoms with Crippen LogP contribution in [0.3, 0.4) is 0 Å². The monoisotopic (exact) mass is 466 g/mol. The van der Waals surface area contributed by atoms with Gasteiger partial charge in [0.25, 0.3) is 5.91 Å². The van der Waals surface area contributed by atoms with Gasteiger partial charge in [-0.3, -0.25) is 14.3 Å². The summed E-state index contributed by atoms with van der Waals surface area (Å²) in [7, 11) is 1.63. The third-order valence-electron chi connectivity index (χ3n) is 7.22. The van der Waals surface area contributed by atoms with Crippen molar-refractivity contribution in [3.63, 3.8) is 0 Å². The molecule has 0 spiro atoms. The van der Waals surface area contributed by atoms with Gasteiger partial charge in [0.05, 0.1) is 19.3 Å². The fraction of sp³-hybridized carbons (Fsp3) is 0.593. The minimum Gasteiger partial charge on any atom is -0.497 e. The highest BCUT2D eigenvalue weighted by Gasteiger charge is 2.48. The molecule has 0 unspecified atom stereocenters. The summed E-state index contributed by atoms with van der Waals surface area (Å²) < 4.78 is 7.12. The highest BCUT2D eigenvalue weighted by molar-refractivity contribution is 5.99. The van der Waals surface area contributed by atoms with Gasteiger partial charge in [-0.05, 0) is 43.5 Å². The van der Waals surface area contributed by atoms with Crippen LogP contribution < -0.4 is 10.1 Å². The van der Waals surface area contributed by atoms with Gasteiger partial charge in [-0.15, -0.1) is 0 Å². The van der Waals surface area contributed by atoms with Gasteiger partial charge in [0.15, 0.2) is 0 Å². The minimum absolute atomic E-state index is 0.103. The number of nitrogens with zero attached hydrogens (tertiary/aromatic N) is 3. The summed E-state index contributed by atoms with van der Waals surface area (Å²) in [6, 6.07) is 9.71. The second-order valence-corrected chi connectivity index (χ2v) is 11.0. The fourth-order valence-electron chi connectivity index (χ4n) is 4.97. The molecule has 4 rings (SSSR count). The molecule has 7 heteroatoms. The summed E-state index contributed by atoms with van der Waals surface area (Å²) in [6.07, 6.45) is 6.69. The molecular formula is C27H38N4O3. The second kappa shape index (κ2) is 9.43. The lowest BCUT2D eigenvalue weighted by Crippen LogP contribution is -2.64. The molecule has 1 saturated carbocycles. The first kappa shape index (κ1) is 24.3. The van der Waals surface area contributed by atoms with Crippen LogP contribution in [-0.4, -0.2) is 45.2 Å². The Morgan fingerprint density at radius 3 is 2.53 bits per heavy atom. The van der Waals surface area contributed by atoms with Crippen molar-refractivity contribution in [1.29, 1.82) is 0 Å². The quantitative estimate of drug-likeness (QED) is 0.661. The van der Waals surface area contributed by atoms with Crippen molar-refractivity contribution in [2.24, 2.45) is 0 Å². The van der Waals surface area contributed by atoms with E-state index in [4.69, 9.17) is 9.84 Å². The molecule has 2 amide bonds. The Morgan fingerprint density at radius 1 is 1.18 bits per heavy atom. The highest BCUT2D eigenvalue weighted by atomic mass is 16.5. The standard InChI is InChI=1S/C27H38N4O3/c1-26(2,3)23-16-22-24(32)30(17-19-11-10-14-21(15-19)34-5)27(4,18-31(22)29-23)25(33)28-20-12-8-6-7-9-13-20/h10-11,14-16,20H,6-9,12-13,17-18H2,1-5H3,(H,28,33)/t27-/m1/s1. The number of carbonyl (C=O) groups is 2. The van der Waals surface area contributed by atoms with Crippen LogP contribution in [0, 0.1) is 0 Å². The number of ether oxygens (including phenoxy) is 1. The average Bonchev–Trinajstić information content (AvgIpc) is 3.07. The van der Waals surface area contributed by atoms with E-state index >= 15 is 0 Å². The van der Waals surface area contributed by atoms with E-state index in [-0.39, 0.29) is 23.3 Å². The Kier molecular flexibility index (Phi) is 6.74. The molecule has 2 heterocycles. The molecule has 34 heavy (non-hydrogen) atoms. The van der Waals surface area contributed by atoms with E-state index in [1.54, 1.807) is 16.7 Å². The lowest BCUT2D eigenvalue weighted by atomic mass is 9.91. The summed E-state index contributed by atoms with van der Waals surface area (Å²) in [5.41, 5.74) is 1.06. The van der Waals surface area contributed by atoms with E-state index in [1.807, 2.05) is 37.3 Å². The summed E-state index contributed by atoms with van der Waals surface area (Å²) in [4.78, 5) is 29.4. The molecule has 7 nitrogen and oxygen atoms in total. The van der Waals surface area contributed by atoms with Crippen molar-refractivity contribution >= 4 is 11.8 Å². The Labute approximate surface area is 202 Å². The van der Waals surface area contributed by atoms with Gasteiger partial charge < -0.3 is 15.0 Å². The molecule has 1 aromatic heterocycles. The lowest BCUT2D eigenvalue weighted by Gasteiger charge is -2.44. The molecule has 1 N–H and O–H groups in total. The molecule has 184 valence electrons. The molecule has 1 fully saturated rings. The van der Waals surface area contributed by atoms with E-state index in [1.165, 1.54) is 12.8 Å². The summed E-state index contributed by atoms with van der Waals surface area (Å²) in [6.45, 7) is 8.76. The molecular weight excluding hydrogens is 428 g/mol. The summed E-state index contributed by atoms with van der Waals surface area (Å²) >= 11 is 0. The molecule has 0 radical (unpaired) electrons. The van der Waals surface area contributed by atoms with Crippen molar-refractivity contribution in [1.82, 2.24) is 20.0 Å². The molecule has 0 saturated heterocycles. The van der Waals surface area contributed by atoms with E-state index in [0.717, 1.165) is 42.7 Å². The summed E-state index contributed by atoms with van der Waals surface area (Å²) in [5, 5.41) is 8.05. The number of benzene rings is 1.